The van der Waals surface area contributed by atoms with Crippen molar-refractivity contribution in [3.05, 3.63) is 71.3 Å². The van der Waals surface area contributed by atoms with Crippen molar-refractivity contribution in [3.63, 3.8) is 0 Å². The number of hydrogen-bond acceptors (Lipinski definition) is 2. The average molecular weight is 333 g/mol. The van der Waals surface area contributed by atoms with Crippen molar-refractivity contribution < 1.29 is 10.0 Å². The van der Waals surface area contributed by atoms with Crippen LogP contribution in [0.2, 0.25) is 0 Å². The Morgan fingerprint density at radius 1 is 0.960 bits per heavy atom. The molecular weight excluding hydrogens is 310 g/mol. The molecule has 1 saturated carbocycles. The van der Waals surface area contributed by atoms with Crippen LogP contribution in [0.3, 0.4) is 0 Å². The Labute approximate surface area is 149 Å². The van der Waals surface area contributed by atoms with Crippen LogP contribution in [0.1, 0.15) is 54.7 Å². The van der Waals surface area contributed by atoms with E-state index in [0.717, 1.165) is 16.7 Å². The fourth-order valence-electron chi connectivity index (χ4n) is 3.40. The Morgan fingerprint density at radius 3 is 2.24 bits per heavy atom. The quantitative estimate of drug-likeness (QED) is 0.501. The van der Waals surface area contributed by atoms with Gasteiger partial charge in [0.05, 0.1) is 5.92 Å². The van der Waals surface area contributed by atoms with Crippen LogP contribution < -0.4 is 5.48 Å². The summed E-state index contributed by atoms with van der Waals surface area (Å²) in [6, 6.07) is 17.2. The maximum atomic E-state index is 12.1. The van der Waals surface area contributed by atoms with E-state index in [1.807, 2.05) is 54.6 Å². The van der Waals surface area contributed by atoms with E-state index in [-0.39, 0.29) is 0 Å². The maximum absolute atomic E-state index is 12.1. The molecule has 0 aliphatic heterocycles. The minimum Gasteiger partial charge on any atom is -0.289 e. The highest BCUT2D eigenvalue weighted by atomic mass is 16.5. The van der Waals surface area contributed by atoms with Gasteiger partial charge in [0.1, 0.15) is 0 Å². The summed E-state index contributed by atoms with van der Waals surface area (Å²) in [5.74, 6) is 6.19. The molecule has 1 amide bonds. The molecule has 1 atom stereocenters. The van der Waals surface area contributed by atoms with E-state index in [4.69, 9.17) is 5.21 Å². The van der Waals surface area contributed by atoms with E-state index >= 15 is 0 Å². The van der Waals surface area contributed by atoms with Crippen LogP contribution in [0.5, 0.6) is 0 Å². The van der Waals surface area contributed by atoms with Gasteiger partial charge in [-0.2, -0.15) is 0 Å². The smallest absolute Gasteiger partial charge is 0.255 e. The molecule has 1 aliphatic carbocycles. The standard InChI is InChI=1S/C22H23NO2/c24-22(23-25)21(19-9-5-2-6-10-19)20-15-13-18(14-16-20)12-11-17-7-3-1-4-8-17/h2,5-6,9-10,13-17,21,25H,1,3-4,7-8H2,(H,23,24). The van der Waals surface area contributed by atoms with E-state index < -0.39 is 11.8 Å². The van der Waals surface area contributed by atoms with Crippen LogP contribution >= 0.6 is 0 Å². The maximum Gasteiger partial charge on any atom is 0.255 e. The number of hydrogen-bond donors (Lipinski definition) is 2. The number of rotatable bonds is 3. The number of amides is 1. The summed E-state index contributed by atoms with van der Waals surface area (Å²) in [4.78, 5) is 12.1. The molecule has 1 aliphatic rings. The van der Waals surface area contributed by atoms with Crippen molar-refractivity contribution in [2.24, 2.45) is 5.92 Å². The van der Waals surface area contributed by atoms with Gasteiger partial charge in [-0.15, -0.1) is 0 Å². The molecule has 0 saturated heterocycles. The Hall–Kier alpha value is -2.57. The number of nitrogens with one attached hydrogen (secondary N) is 1. The van der Waals surface area contributed by atoms with Gasteiger partial charge in [-0.05, 0) is 36.1 Å². The SMILES string of the molecule is O=C(NO)C(c1ccccc1)c1ccc(C#CC2CCCCC2)cc1. The largest absolute Gasteiger partial charge is 0.289 e. The van der Waals surface area contributed by atoms with E-state index in [0.29, 0.717) is 5.92 Å². The lowest BCUT2D eigenvalue weighted by Crippen LogP contribution is -2.27. The third-order valence-electron chi connectivity index (χ3n) is 4.78. The van der Waals surface area contributed by atoms with Crippen molar-refractivity contribution in [1.29, 1.82) is 0 Å². The number of carbonyl (C=O) groups excluding carboxylic acids is 1. The minimum atomic E-state index is -0.536. The highest BCUT2D eigenvalue weighted by Gasteiger charge is 2.22. The van der Waals surface area contributed by atoms with Crippen molar-refractivity contribution in [1.82, 2.24) is 5.48 Å². The van der Waals surface area contributed by atoms with E-state index in [2.05, 4.69) is 11.8 Å². The third-order valence-corrected chi connectivity index (χ3v) is 4.78. The first kappa shape index (κ1) is 17.3. The second-order valence-corrected chi connectivity index (χ2v) is 6.55. The summed E-state index contributed by atoms with van der Waals surface area (Å²) in [6.07, 6.45) is 6.32. The van der Waals surface area contributed by atoms with Crippen LogP contribution in [0, 0.1) is 17.8 Å². The number of benzene rings is 2. The van der Waals surface area contributed by atoms with Crippen molar-refractivity contribution in [2.45, 2.75) is 38.0 Å². The molecule has 0 spiro atoms. The molecule has 1 unspecified atom stereocenters. The van der Waals surface area contributed by atoms with Crippen LogP contribution in [0.4, 0.5) is 0 Å². The summed E-state index contributed by atoms with van der Waals surface area (Å²) >= 11 is 0. The Morgan fingerprint density at radius 2 is 1.60 bits per heavy atom. The Balaban J connectivity index is 1.79. The van der Waals surface area contributed by atoms with Crippen LogP contribution in [-0.4, -0.2) is 11.1 Å². The van der Waals surface area contributed by atoms with Gasteiger partial charge in [0.25, 0.3) is 5.91 Å². The molecule has 0 radical (unpaired) electrons. The molecule has 1 fully saturated rings. The normalized spacial score (nSPS) is 15.7. The summed E-state index contributed by atoms with van der Waals surface area (Å²) in [5, 5.41) is 9.09. The molecule has 0 bridgehead atoms. The molecule has 2 N–H and O–H groups in total. The summed E-state index contributed by atoms with van der Waals surface area (Å²) in [6.45, 7) is 0. The molecule has 128 valence electrons. The second kappa shape index (κ2) is 8.50. The first-order valence-corrected chi connectivity index (χ1v) is 8.88. The molecule has 2 aromatic rings. The van der Waals surface area contributed by atoms with Gasteiger partial charge < -0.3 is 0 Å². The number of carbonyl (C=O) groups is 1. The predicted molar refractivity (Wildman–Crippen MR) is 98.1 cm³/mol. The molecule has 3 heteroatoms. The van der Waals surface area contributed by atoms with Gasteiger partial charge in [0.2, 0.25) is 0 Å². The highest BCUT2D eigenvalue weighted by molar-refractivity contribution is 5.86. The zero-order chi connectivity index (χ0) is 17.5. The fourth-order valence-corrected chi connectivity index (χ4v) is 3.40. The summed E-state index contributed by atoms with van der Waals surface area (Å²) < 4.78 is 0. The molecule has 3 nitrogen and oxygen atoms in total. The Kier molecular flexibility index (Phi) is 5.87. The third kappa shape index (κ3) is 4.49. The van der Waals surface area contributed by atoms with E-state index in [1.165, 1.54) is 32.1 Å². The van der Waals surface area contributed by atoms with Crippen LogP contribution in [-0.2, 0) is 4.79 Å². The second-order valence-electron chi connectivity index (χ2n) is 6.55. The zero-order valence-electron chi connectivity index (χ0n) is 14.2. The summed E-state index contributed by atoms with van der Waals surface area (Å²) in [7, 11) is 0. The minimum absolute atomic E-state index is 0.438. The first-order chi connectivity index (χ1) is 12.3. The summed E-state index contributed by atoms with van der Waals surface area (Å²) in [5.41, 5.74) is 4.42. The van der Waals surface area contributed by atoms with Gasteiger partial charge in [0.15, 0.2) is 0 Å². The van der Waals surface area contributed by atoms with Gasteiger partial charge in [0, 0.05) is 11.5 Å². The molecule has 2 aromatic carbocycles. The predicted octanol–water partition coefficient (Wildman–Crippen LogP) is 4.26. The molecule has 25 heavy (non-hydrogen) atoms. The lowest BCUT2D eigenvalue weighted by molar-refractivity contribution is -0.129. The van der Waals surface area contributed by atoms with E-state index in [9.17, 15) is 4.79 Å². The van der Waals surface area contributed by atoms with Crippen LogP contribution in [0.25, 0.3) is 0 Å². The van der Waals surface area contributed by atoms with Crippen molar-refractivity contribution in [3.8, 4) is 11.8 Å². The van der Waals surface area contributed by atoms with Gasteiger partial charge in [-0.1, -0.05) is 73.6 Å². The number of hydroxylamine groups is 1. The lowest BCUT2D eigenvalue weighted by Gasteiger charge is -2.16. The monoisotopic (exact) mass is 333 g/mol. The van der Waals surface area contributed by atoms with Crippen molar-refractivity contribution >= 4 is 5.91 Å². The lowest BCUT2D eigenvalue weighted by atomic mass is 9.89. The van der Waals surface area contributed by atoms with Crippen molar-refractivity contribution in [2.75, 3.05) is 0 Å². The zero-order valence-corrected chi connectivity index (χ0v) is 14.2. The first-order valence-electron chi connectivity index (χ1n) is 8.88. The highest BCUT2D eigenvalue weighted by Crippen LogP contribution is 2.25. The van der Waals surface area contributed by atoms with Gasteiger partial charge in [-0.3, -0.25) is 10.0 Å². The van der Waals surface area contributed by atoms with E-state index in [1.54, 1.807) is 5.48 Å². The Bertz CT molecular complexity index is 750. The molecule has 0 aromatic heterocycles. The van der Waals surface area contributed by atoms with Crippen LogP contribution in [0.15, 0.2) is 54.6 Å². The molecular formula is C22H23NO2. The van der Waals surface area contributed by atoms with Gasteiger partial charge >= 0.3 is 0 Å². The topological polar surface area (TPSA) is 49.3 Å². The average Bonchev–Trinajstić information content (AvgIpc) is 2.69. The van der Waals surface area contributed by atoms with Gasteiger partial charge in [-0.25, -0.2) is 5.48 Å². The molecule has 0 heterocycles. The molecule has 3 rings (SSSR count). The fraction of sp³-hybridized carbons (Fsp3) is 0.318.